The Bertz CT molecular complexity index is 557. The van der Waals surface area contributed by atoms with Crippen molar-refractivity contribution in [3.63, 3.8) is 0 Å². The van der Waals surface area contributed by atoms with Crippen LogP contribution in [-0.4, -0.2) is 54.4 Å². The number of piperazine rings is 1. The first kappa shape index (κ1) is 18.6. The van der Waals surface area contributed by atoms with Crippen molar-refractivity contribution < 1.29 is 14.3 Å². The highest BCUT2D eigenvalue weighted by atomic mass is 35.5. The van der Waals surface area contributed by atoms with Crippen molar-refractivity contribution in [1.82, 2.24) is 9.80 Å². The summed E-state index contributed by atoms with van der Waals surface area (Å²) in [4.78, 5) is 27.8. The summed E-state index contributed by atoms with van der Waals surface area (Å²) in [6, 6.07) is 7.31. The molecule has 2 amide bonds. The Kier molecular flexibility index (Phi) is 7.37. The highest BCUT2D eigenvalue weighted by Gasteiger charge is 2.23. The van der Waals surface area contributed by atoms with Gasteiger partial charge in [0.15, 0.2) is 0 Å². The summed E-state index contributed by atoms with van der Waals surface area (Å²) in [6.07, 6.45) is 2.56. The van der Waals surface area contributed by atoms with Gasteiger partial charge in [0.1, 0.15) is 5.75 Å². The molecule has 1 aromatic rings. The molecule has 5 nitrogen and oxygen atoms in total. The molecule has 1 heterocycles. The number of rotatable bonds is 7. The number of carbonyl (C=O) groups excluding carboxylic acids is 2. The first-order chi connectivity index (χ1) is 11.6. The van der Waals surface area contributed by atoms with Crippen LogP contribution in [0, 0.1) is 0 Å². The molecule has 0 aliphatic carbocycles. The second kappa shape index (κ2) is 9.52. The molecule has 0 spiro atoms. The van der Waals surface area contributed by atoms with E-state index in [9.17, 15) is 9.59 Å². The summed E-state index contributed by atoms with van der Waals surface area (Å²) in [5, 5.41) is 0.580. The second-order valence-corrected chi connectivity index (χ2v) is 6.30. The molecule has 1 fully saturated rings. The second-order valence-electron chi connectivity index (χ2n) is 5.89. The van der Waals surface area contributed by atoms with Gasteiger partial charge in [-0.25, -0.2) is 0 Å². The Hall–Kier alpha value is -1.75. The van der Waals surface area contributed by atoms with E-state index in [-0.39, 0.29) is 11.8 Å². The van der Waals surface area contributed by atoms with Crippen molar-refractivity contribution >= 4 is 23.4 Å². The van der Waals surface area contributed by atoms with E-state index in [4.69, 9.17) is 16.3 Å². The Labute approximate surface area is 148 Å². The number of para-hydroxylation sites is 1. The van der Waals surface area contributed by atoms with Gasteiger partial charge in [-0.1, -0.05) is 30.7 Å². The maximum atomic E-state index is 12.2. The van der Waals surface area contributed by atoms with E-state index < -0.39 is 0 Å². The molecule has 0 aromatic heterocycles. The molecular formula is C18H25ClN2O3. The number of ether oxygens (including phenoxy) is 1. The molecule has 0 atom stereocenters. The molecule has 132 valence electrons. The van der Waals surface area contributed by atoms with Crippen molar-refractivity contribution in [3.05, 3.63) is 29.3 Å². The molecule has 0 N–H and O–H groups in total. The van der Waals surface area contributed by atoms with E-state index in [1.165, 1.54) is 0 Å². The van der Waals surface area contributed by atoms with Gasteiger partial charge in [-0.3, -0.25) is 9.59 Å². The summed E-state index contributed by atoms with van der Waals surface area (Å²) >= 11 is 6.02. The van der Waals surface area contributed by atoms with Gasteiger partial charge in [0.05, 0.1) is 11.6 Å². The van der Waals surface area contributed by atoms with Crippen molar-refractivity contribution in [2.24, 2.45) is 0 Å². The highest BCUT2D eigenvalue weighted by Crippen LogP contribution is 2.23. The van der Waals surface area contributed by atoms with Gasteiger partial charge in [0.2, 0.25) is 11.8 Å². The van der Waals surface area contributed by atoms with Crippen LogP contribution in [0.1, 0.15) is 32.6 Å². The topological polar surface area (TPSA) is 49.9 Å². The average molecular weight is 353 g/mol. The van der Waals surface area contributed by atoms with Gasteiger partial charge in [-0.15, -0.1) is 0 Å². The molecule has 24 heavy (non-hydrogen) atoms. The van der Waals surface area contributed by atoms with Crippen molar-refractivity contribution in [2.75, 3.05) is 32.8 Å². The first-order valence-corrected chi connectivity index (χ1v) is 8.92. The maximum Gasteiger partial charge on any atom is 0.222 e. The van der Waals surface area contributed by atoms with Crippen LogP contribution in [0.15, 0.2) is 24.3 Å². The molecule has 1 saturated heterocycles. The van der Waals surface area contributed by atoms with Crippen LogP contribution in [-0.2, 0) is 9.59 Å². The molecule has 0 saturated carbocycles. The Morgan fingerprint density at radius 2 is 1.62 bits per heavy atom. The summed E-state index contributed by atoms with van der Waals surface area (Å²) in [5.41, 5.74) is 0. The van der Waals surface area contributed by atoms with Crippen LogP contribution in [0.25, 0.3) is 0 Å². The smallest absolute Gasteiger partial charge is 0.222 e. The van der Waals surface area contributed by atoms with Crippen molar-refractivity contribution in [3.8, 4) is 5.75 Å². The van der Waals surface area contributed by atoms with E-state index in [1.54, 1.807) is 6.07 Å². The zero-order valence-corrected chi connectivity index (χ0v) is 14.9. The third-order valence-corrected chi connectivity index (χ3v) is 4.39. The SMILES string of the molecule is CCCC(=O)N1CCN(C(=O)CCCOc2ccccc2Cl)CC1. The van der Waals surface area contributed by atoms with E-state index in [2.05, 4.69) is 0 Å². The van der Waals surface area contributed by atoms with Gasteiger partial charge >= 0.3 is 0 Å². The minimum Gasteiger partial charge on any atom is -0.492 e. The molecule has 1 aliphatic rings. The molecule has 1 aromatic carbocycles. The molecule has 6 heteroatoms. The standard InChI is InChI=1S/C18H25ClN2O3/c1-2-6-17(22)20-10-12-21(13-11-20)18(23)9-5-14-24-16-8-4-3-7-15(16)19/h3-4,7-8H,2,5-6,9-14H2,1H3. The normalized spacial score (nSPS) is 14.6. The number of nitrogens with zero attached hydrogens (tertiary/aromatic N) is 2. The lowest BCUT2D eigenvalue weighted by Crippen LogP contribution is -2.50. The first-order valence-electron chi connectivity index (χ1n) is 8.54. The van der Waals surface area contributed by atoms with Crippen LogP contribution < -0.4 is 4.74 Å². The molecule has 1 aliphatic heterocycles. The molecule has 2 rings (SSSR count). The molecule has 0 bridgehead atoms. The lowest BCUT2D eigenvalue weighted by Gasteiger charge is -2.35. The van der Waals surface area contributed by atoms with Crippen LogP contribution in [0.3, 0.4) is 0 Å². The number of benzene rings is 1. The third-order valence-electron chi connectivity index (χ3n) is 4.08. The quantitative estimate of drug-likeness (QED) is 0.709. The predicted molar refractivity (Wildman–Crippen MR) is 94.2 cm³/mol. The summed E-state index contributed by atoms with van der Waals surface area (Å²) < 4.78 is 5.59. The lowest BCUT2D eigenvalue weighted by atomic mass is 10.2. The van der Waals surface area contributed by atoms with E-state index in [1.807, 2.05) is 34.9 Å². The van der Waals surface area contributed by atoms with Gasteiger partial charge in [0.25, 0.3) is 0 Å². The van der Waals surface area contributed by atoms with Crippen LogP contribution >= 0.6 is 11.6 Å². The minimum atomic E-state index is 0.125. The van der Waals surface area contributed by atoms with Crippen LogP contribution in [0.2, 0.25) is 5.02 Å². The zero-order chi connectivity index (χ0) is 17.4. The summed E-state index contributed by atoms with van der Waals surface area (Å²) in [7, 11) is 0. The Morgan fingerprint density at radius 3 is 2.21 bits per heavy atom. The minimum absolute atomic E-state index is 0.125. The number of hydrogen-bond donors (Lipinski definition) is 0. The van der Waals surface area contributed by atoms with E-state index in [0.717, 1.165) is 6.42 Å². The molecule has 0 unspecified atom stereocenters. The Morgan fingerprint density at radius 1 is 1.04 bits per heavy atom. The zero-order valence-electron chi connectivity index (χ0n) is 14.2. The molecular weight excluding hydrogens is 328 g/mol. The molecule has 0 radical (unpaired) electrons. The maximum absolute atomic E-state index is 12.2. The van der Waals surface area contributed by atoms with Crippen LogP contribution in [0.5, 0.6) is 5.75 Å². The van der Waals surface area contributed by atoms with E-state index in [0.29, 0.717) is 62.8 Å². The van der Waals surface area contributed by atoms with E-state index >= 15 is 0 Å². The average Bonchev–Trinajstić information content (AvgIpc) is 2.60. The van der Waals surface area contributed by atoms with Gasteiger partial charge < -0.3 is 14.5 Å². The third kappa shape index (κ3) is 5.41. The number of amides is 2. The lowest BCUT2D eigenvalue weighted by molar-refractivity contribution is -0.139. The number of hydrogen-bond acceptors (Lipinski definition) is 3. The highest BCUT2D eigenvalue weighted by molar-refractivity contribution is 6.32. The van der Waals surface area contributed by atoms with Gasteiger partial charge in [-0.05, 0) is 25.0 Å². The van der Waals surface area contributed by atoms with Crippen LogP contribution in [0.4, 0.5) is 0 Å². The fourth-order valence-corrected chi connectivity index (χ4v) is 2.89. The number of carbonyl (C=O) groups is 2. The summed E-state index contributed by atoms with van der Waals surface area (Å²) in [5.74, 6) is 0.966. The van der Waals surface area contributed by atoms with Crippen molar-refractivity contribution in [1.29, 1.82) is 0 Å². The van der Waals surface area contributed by atoms with Crippen molar-refractivity contribution in [2.45, 2.75) is 32.6 Å². The number of halogens is 1. The fourth-order valence-electron chi connectivity index (χ4n) is 2.70. The predicted octanol–water partition coefficient (Wildman–Crippen LogP) is 2.97. The Balaban J connectivity index is 1.65. The fraction of sp³-hybridized carbons (Fsp3) is 0.556. The monoisotopic (exact) mass is 352 g/mol. The largest absolute Gasteiger partial charge is 0.492 e. The van der Waals surface area contributed by atoms with Gasteiger partial charge in [-0.2, -0.15) is 0 Å². The van der Waals surface area contributed by atoms with Gasteiger partial charge in [0, 0.05) is 39.0 Å². The summed E-state index contributed by atoms with van der Waals surface area (Å²) in [6.45, 7) is 4.99.